The van der Waals surface area contributed by atoms with E-state index >= 15 is 0 Å². The number of carbonyl (C=O) groups excluding carboxylic acids is 1. The van der Waals surface area contributed by atoms with Gasteiger partial charge < -0.3 is 10.3 Å². The van der Waals surface area contributed by atoms with Crippen molar-refractivity contribution in [3.63, 3.8) is 0 Å². The van der Waals surface area contributed by atoms with Crippen molar-refractivity contribution < 1.29 is 4.79 Å². The van der Waals surface area contributed by atoms with Gasteiger partial charge in [0.2, 0.25) is 5.91 Å². The summed E-state index contributed by atoms with van der Waals surface area (Å²) < 4.78 is 0.977. The third-order valence-corrected chi connectivity index (χ3v) is 5.39. The molecule has 1 amide bonds. The molecule has 7 heteroatoms. The molecule has 0 aliphatic carbocycles. The first-order chi connectivity index (χ1) is 12.1. The van der Waals surface area contributed by atoms with Crippen LogP contribution in [-0.2, 0) is 11.3 Å². The Bertz CT molecular complexity index is 916. The third-order valence-electron chi connectivity index (χ3n) is 5.39. The molecule has 3 heterocycles. The number of aromatic nitrogens is 2. The number of nitrogens with zero attached hydrogens (tertiary/aromatic N) is 2. The average molecular weight is 342 g/mol. The Morgan fingerprint density at radius 1 is 1.16 bits per heavy atom. The first kappa shape index (κ1) is 16.1. The number of aromatic amines is 1. The van der Waals surface area contributed by atoms with Crippen LogP contribution in [0.1, 0.15) is 25.7 Å². The summed E-state index contributed by atoms with van der Waals surface area (Å²) >= 11 is 0. The highest BCUT2D eigenvalue weighted by Gasteiger charge is 2.36. The van der Waals surface area contributed by atoms with E-state index in [2.05, 4.69) is 15.2 Å². The van der Waals surface area contributed by atoms with Crippen LogP contribution < -0.4 is 16.6 Å². The van der Waals surface area contributed by atoms with Gasteiger partial charge in [0.25, 0.3) is 5.56 Å². The van der Waals surface area contributed by atoms with Crippen LogP contribution in [0, 0.1) is 0 Å². The summed E-state index contributed by atoms with van der Waals surface area (Å²) in [5.41, 5.74) is -0.493. The van der Waals surface area contributed by atoms with E-state index in [0.29, 0.717) is 16.9 Å². The molecule has 2 fully saturated rings. The van der Waals surface area contributed by atoms with Crippen LogP contribution in [-0.4, -0.2) is 45.5 Å². The lowest BCUT2D eigenvalue weighted by molar-refractivity contribution is -0.122. The summed E-state index contributed by atoms with van der Waals surface area (Å²) in [7, 11) is 0. The maximum absolute atomic E-state index is 12.5. The van der Waals surface area contributed by atoms with Gasteiger partial charge in [-0.1, -0.05) is 18.6 Å². The second-order valence-electron chi connectivity index (χ2n) is 6.93. The van der Waals surface area contributed by atoms with Crippen molar-refractivity contribution in [2.45, 2.75) is 44.3 Å². The van der Waals surface area contributed by atoms with Crippen molar-refractivity contribution in [3.05, 3.63) is 45.1 Å². The molecule has 1 aromatic heterocycles. The van der Waals surface area contributed by atoms with Gasteiger partial charge in [-0.3, -0.25) is 19.1 Å². The molecule has 0 spiro atoms. The van der Waals surface area contributed by atoms with Crippen molar-refractivity contribution in [1.29, 1.82) is 0 Å². The van der Waals surface area contributed by atoms with E-state index < -0.39 is 11.2 Å². The zero-order valence-corrected chi connectivity index (χ0v) is 14.0. The fourth-order valence-corrected chi connectivity index (χ4v) is 4.15. The van der Waals surface area contributed by atoms with Gasteiger partial charge in [0.1, 0.15) is 6.54 Å². The monoisotopic (exact) mass is 342 g/mol. The molecule has 2 aliphatic rings. The minimum atomic E-state index is -0.551. The molecule has 2 aromatic rings. The molecule has 7 nitrogen and oxygen atoms in total. The highest BCUT2D eigenvalue weighted by molar-refractivity contribution is 5.79. The van der Waals surface area contributed by atoms with Crippen LogP contribution in [0.5, 0.6) is 0 Å². The van der Waals surface area contributed by atoms with Gasteiger partial charge in [0.05, 0.1) is 10.9 Å². The quantitative estimate of drug-likeness (QED) is 0.847. The molecule has 0 saturated carbocycles. The minimum Gasteiger partial charge on any atom is -0.350 e. The van der Waals surface area contributed by atoms with Crippen molar-refractivity contribution in [2.24, 2.45) is 0 Å². The summed E-state index contributed by atoms with van der Waals surface area (Å²) in [5.74, 6) is -0.277. The number of nitrogens with one attached hydrogen (secondary N) is 2. The molecule has 2 atom stereocenters. The van der Waals surface area contributed by atoms with Crippen LogP contribution in [0.25, 0.3) is 10.9 Å². The van der Waals surface area contributed by atoms with Gasteiger partial charge in [0, 0.05) is 18.6 Å². The van der Waals surface area contributed by atoms with E-state index in [1.807, 2.05) is 0 Å². The summed E-state index contributed by atoms with van der Waals surface area (Å²) in [6.45, 7) is 1.86. The van der Waals surface area contributed by atoms with E-state index in [9.17, 15) is 14.4 Å². The molecular weight excluding hydrogens is 320 g/mol. The third kappa shape index (κ3) is 3.00. The van der Waals surface area contributed by atoms with Crippen LogP contribution in [0.15, 0.2) is 33.9 Å². The Labute approximate surface area is 144 Å². The van der Waals surface area contributed by atoms with Gasteiger partial charge in [-0.05, 0) is 37.9 Å². The Morgan fingerprint density at radius 3 is 2.88 bits per heavy atom. The molecule has 2 saturated heterocycles. The molecular formula is C18H22N4O3. The summed E-state index contributed by atoms with van der Waals surface area (Å²) in [6.07, 6.45) is 4.44. The molecule has 0 unspecified atom stereocenters. The van der Waals surface area contributed by atoms with E-state index in [1.165, 1.54) is 12.8 Å². The normalized spacial score (nSPS) is 23.5. The Hall–Kier alpha value is -2.41. The zero-order chi connectivity index (χ0) is 17.4. The largest absolute Gasteiger partial charge is 0.350 e. The Kier molecular flexibility index (Phi) is 4.17. The van der Waals surface area contributed by atoms with Crippen LogP contribution in [0.2, 0.25) is 0 Å². The molecule has 4 rings (SSSR count). The van der Waals surface area contributed by atoms with Crippen molar-refractivity contribution in [1.82, 2.24) is 19.8 Å². The van der Waals surface area contributed by atoms with Crippen molar-refractivity contribution in [2.75, 3.05) is 13.1 Å². The fourth-order valence-electron chi connectivity index (χ4n) is 4.15. The highest BCUT2D eigenvalue weighted by Crippen LogP contribution is 2.27. The SMILES string of the molecule is O=C(Cn1c(=O)[nH]c2ccccc2c1=O)N[C@@H]1CCN2CCCC[C@H]12. The van der Waals surface area contributed by atoms with E-state index in [0.717, 1.165) is 30.5 Å². The second kappa shape index (κ2) is 6.48. The van der Waals surface area contributed by atoms with E-state index in [-0.39, 0.29) is 18.5 Å². The highest BCUT2D eigenvalue weighted by atomic mass is 16.2. The molecule has 2 aliphatic heterocycles. The van der Waals surface area contributed by atoms with Gasteiger partial charge in [-0.15, -0.1) is 0 Å². The number of piperidine rings is 1. The van der Waals surface area contributed by atoms with Gasteiger partial charge >= 0.3 is 5.69 Å². The number of benzene rings is 1. The molecule has 25 heavy (non-hydrogen) atoms. The molecule has 132 valence electrons. The number of hydrogen-bond acceptors (Lipinski definition) is 4. The number of amides is 1. The lowest BCUT2D eigenvalue weighted by atomic mass is 9.99. The number of rotatable bonds is 3. The summed E-state index contributed by atoms with van der Waals surface area (Å²) in [4.78, 5) is 42.2. The van der Waals surface area contributed by atoms with Gasteiger partial charge in [-0.2, -0.15) is 0 Å². The van der Waals surface area contributed by atoms with Gasteiger partial charge in [-0.25, -0.2) is 4.79 Å². The van der Waals surface area contributed by atoms with E-state index in [4.69, 9.17) is 0 Å². The predicted octanol–water partition coefficient (Wildman–Crippen LogP) is 0.433. The van der Waals surface area contributed by atoms with Crippen molar-refractivity contribution >= 4 is 16.8 Å². The summed E-state index contributed by atoms with van der Waals surface area (Å²) in [6, 6.07) is 7.33. The summed E-state index contributed by atoms with van der Waals surface area (Å²) in [5, 5.41) is 3.45. The zero-order valence-electron chi connectivity index (χ0n) is 14.0. The topological polar surface area (TPSA) is 87.2 Å². The standard InChI is InChI=1S/C18H22N4O3/c23-16(19-14-8-10-21-9-4-3-7-15(14)21)11-22-17(24)12-5-1-2-6-13(12)20-18(22)25/h1-2,5-6,14-15H,3-4,7-11H2,(H,19,23)(H,20,25)/t14-,15-/m1/s1. The molecule has 2 N–H and O–H groups in total. The fraction of sp³-hybridized carbons (Fsp3) is 0.500. The minimum absolute atomic E-state index is 0.114. The predicted molar refractivity (Wildman–Crippen MR) is 94.6 cm³/mol. The molecule has 0 radical (unpaired) electrons. The number of carbonyl (C=O) groups is 1. The molecule has 0 bridgehead atoms. The number of H-pyrrole nitrogens is 1. The second-order valence-corrected chi connectivity index (χ2v) is 6.93. The smallest absolute Gasteiger partial charge is 0.329 e. The Morgan fingerprint density at radius 2 is 2.00 bits per heavy atom. The number of hydrogen-bond donors (Lipinski definition) is 2. The first-order valence-corrected chi connectivity index (χ1v) is 8.89. The van der Waals surface area contributed by atoms with Crippen LogP contribution in [0.3, 0.4) is 0 Å². The number of para-hydroxylation sites is 1. The van der Waals surface area contributed by atoms with E-state index in [1.54, 1.807) is 24.3 Å². The van der Waals surface area contributed by atoms with Crippen LogP contribution in [0.4, 0.5) is 0 Å². The molecule has 1 aromatic carbocycles. The van der Waals surface area contributed by atoms with Crippen molar-refractivity contribution in [3.8, 4) is 0 Å². The number of fused-ring (bicyclic) bond motifs is 2. The average Bonchev–Trinajstić information content (AvgIpc) is 3.02. The van der Waals surface area contributed by atoms with Gasteiger partial charge in [0.15, 0.2) is 0 Å². The first-order valence-electron chi connectivity index (χ1n) is 8.89. The maximum atomic E-state index is 12.5. The maximum Gasteiger partial charge on any atom is 0.329 e. The van der Waals surface area contributed by atoms with Crippen LogP contribution >= 0.6 is 0 Å². The lowest BCUT2D eigenvalue weighted by Gasteiger charge is -2.32. The Balaban J connectivity index is 1.52. The lowest BCUT2D eigenvalue weighted by Crippen LogP contribution is -2.49.